The van der Waals surface area contributed by atoms with Gasteiger partial charge in [0.1, 0.15) is 6.29 Å². The smallest absolute Gasteiger partial charge is 0.145 e. The Morgan fingerprint density at radius 2 is 1.95 bits per heavy atom. The van der Waals surface area contributed by atoms with Gasteiger partial charge in [0.05, 0.1) is 11.7 Å². The van der Waals surface area contributed by atoms with E-state index < -0.39 is 0 Å². The summed E-state index contributed by atoms with van der Waals surface area (Å²) in [5, 5.41) is 0. The maximum Gasteiger partial charge on any atom is 0.145 e. The van der Waals surface area contributed by atoms with E-state index in [0.29, 0.717) is 0 Å². The summed E-state index contributed by atoms with van der Waals surface area (Å²) in [6.45, 7) is 10.6. The number of fused-ring (bicyclic) bond motifs is 1. The summed E-state index contributed by atoms with van der Waals surface area (Å²) in [6, 6.07) is 0. The lowest BCUT2D eigenvalue weighted by molar-refractivity contribution is -0.105. The molecule has 3 atom stereocenters. The molecule has 0 spiro atoms. The van der Waals surface area contributed by atoms with Crippen molar-refractivity contribution < 1.29 is 9.53 Å². The third-order valence-corrected chi connectivity index (χ3v) is 5.26. The van der Waals surface area contributed by atoms with Crippen LogP contribution in [0.4, 0.5) is 0 Å². The highest BCUT2D eigenvalue weighted by Gasteiger charge is 2.51. The molecule has 22 heavy (non-hydrogen) atoms. The van der Waals surface area contributed by atoms with Crippen LogP contribution in [0.2, 0.25) is 0 Å². The lowest BCUT2D eigenvalue weighted by Gasteiger charge is -2.16. The Morgan fingerprint density at radius 3 is 2.68 bits per heavy atom. The molecule has 0 aromatic rings. The van der Waals surface area contributed by atoms with Crippen molar-refractivity contribution in [2.75, 3.05) is 0 Å². The zero-order valence-electron chi connectivity index (χ0n) is 14.4. The quantitative estimate of drug-likeness (QED) is 0.305. The minimum absolute atomic E-state index is 0.00714. The van der Waals surface area contributed by atoms with Crippen molar-refractivity contribution >= 4 is 6.29 Å². The van der Waals surface area contributed by atoms with Crippen molar-refractivity contribution in [3.8, 4) is 0 Å². The van der Waals surface area contributed by atoms with Crippen LogP contribution in [0.3, 0.4) is 0 Å². The maximum atomic E-state index is 11.1. The normalized spacial score (nSPS) is 38.5. The average Bonchev–Trinajstić information content (AvgIpc) is 3.11. The van der Waals surface area contributed by atoms with Gasteiger partial charge in [-0.15, -0.1) is 0 Å². The van der Waals surface area contributed by atoms with Crippen LogP contribution in [0.25, 0.3) is 0 Å². The van der Waals surface area contributed by atoms with Crippen molar-refractivity contribution in [1.29, 1.82) is 0 Å². The van der Waals surface area contributed by atoms with E-state index in [4.69, 9.17) is 4.74 Å². The molecule has 0 saturated carbocycles. The molecule has 1 fully saturated rings. The van der Waals surface area contributed by atoms with Gasteiger partial charge in [-0.05, 0) is 77.2 Å². The van der Waals surface area contributed by atoms with Gasteiger partial charge in [-0.3, -0.25) is 4.79 Å². The van der Waals surface area contributed by atoms with Crippen molar-refractivity contribution in [3.63, 3.8) is 0 Å². The lowest BCUT2D eigenvalue weighted by atomic mass is 9.86. The van der Waals surface area contributed by atoms with Crippen LogP contribution < -0.4 is 0 Å². The molecule has 1 aliphatic heterocycles. The van der Waals surface area contributed by atoms with Gasteiger partial charge in [0.2, 0.25) is 0 Å². The summed E-state index contributed by atoms with van der Waals surface area (Å²) in [5.74, 6) is 0.257. The summed E-state index contributed by atoms with van der Waals surface area (Å²) in [6.07, 6.45) is 13.3. The number of hydrogen-bond acceptors (Lipinski definition) is 2. The van der Waals surface area contributed by atoms with Crippen LogP contribution in [0, 0.1) is 5.92 Å². The Morgan fingerprint density at radius 1 is 1.27 bits per heavy atom. The second-order valence-corrected chi connectivity index (χ2v) is 7.26. The monoisotopic (exact) mass is 302 g/mol. The predicted molar refractivity (Wildman–Crippen MR) is 91.8 cm³/mol. The fourth-order valence-corrected chi connectivity index (χ4v) is 3.37. The first kappa shape index (κ1) is 17.2. The van der Waals surface area contributed by atoms with E-state index in [2.05, 4.69) is 39.5 Å². The van der Waals surface area contributed by atoms with Gasteiger partial charge in [-0.25, -0.2) is 0 Å². The second kappa shape index (κ2) is 7.41. The van der Waals surface area contributed by atoms with E-state index in [9.17, 15) is 4.79 Å². The molecule has 0 aromatic carbocycles. The van der Waals surface area contributed by atoms with E-state index in [0.717, 1.165) is 56.8 Å². The van der Waals surface area contributed by atoms with E-state index in [1.54, 1.807) is 0 Å². The molecule has 1 saturated heterocycles. The molecule has 2 nitrogen and oxygen atoms in total. The number of rotatable bonds is 2. The first-order chi connectivity index (χ1) is 10.4. The van der Waals surface area contributed by atoms with Crippen LogP contribution in [-0.4, -0.2) is 18.0 Å². The fourth-order valence-electron chi connectivity index (χ4n) is 3.37. The molecule has 2 aliphatic rings. The van der Waals surface area contributed by atoms with Gasteiger partial charge in [0.15, 0.2) is 0 Å². The van der Waals surface area contributed by atoms with Crippen LogP contribution in [0.15, 0.2) is 35.5 Å². The summed E-state index contributed by atoms with van der Waals surface area (Å²) in [5.41, 5.74) is 3.64. The summed E-state index contributed by atoms with van der Waals surface area (Å²) in [7, 11) is 0. The second-order valence-electron chi connectivity index (χ2n) is 7.26. The third-order valence-electron chi connectivity index (χ3n) is 5.26. The van der Waals surface area contributed by atoms with Gasteiger partial charge in [0, 0.05) is 0 Å². The number of carbonyl (C=O) groups is 1. The van der Waals surface area contributed by atoms with Gasteiger partial charge in [-0.1, -0.05) is 29.9 Å². The molecular formula is C20H30O2. The maximum absolute atomic E-state index is 11.1. The third kappa shape index (κ3) is 4.67. The molecule has 0 bridgehead atoms. The highest BCUT2D eigenvalue weighted by molar-refractivity contribution is 5.72. The Balaban J connectivity index is 2.08. The molecule has 2 rings (SSSR count). The topological polar surface area (TPSA) is 29.6 Å². The van der Waals surface area contributed by atoms with E-state index >= 15 is 0 Å². The number of epoxide rings is 1. The Labute approximate surface area is 135 Å². The molecule has 1 aliphatic carbocycles. The zero-order chi connectivity index (χ0) is 16.2. The fraction of sp³-hybridized carbons (Fsp3) is 0.650. The van der Waals surface area contributed by atoms with E-state index in [1.807, 2.05) is 0 Å². The van der Waals surface area contributed by atoms with Crippen LogP contribution >= 0.6 is 0 Å². The van der Waals surface area contributed by atoms with E-state index in [1.165, 1.54) is 11.1 Å². The average molecular weight is 302 g/mol. The van der Waals surface area contributed by atoms with Gasteiger partial charge >= 0.3 is 0 Å². The summed E-state index contributed by atoms with van der Waals surface area (Å²) < 4.78 is 5.97. The molecule has 2 heteroatoms. The minimum Gasteiger partial charge on any atom is -0.366 e. The van der Waals surface area contributed by atoms with Crippen LogP contribution in [0.5, 0.6) is 0 Å². The highest BCUT2D eigenvalue weighted by atomic mass is 16.6. The number of allylic oxidation sites excluding steroid dienone is 5. The van der Waals surface area contributed by atoms with Crippen molar-refractivity contribution in [1.82, 2.24) is 0 Å². The predicted octanol–water partition coefficient (Wildman–Crippen LogP) is 5.15. The SMILES string of the molecule is C=C(C=O)[C@H]1CC/C(C)=C/CC/C(C)=C/CC[C@@]2(C)O[C@@H]2C1. The number of carbonyl (C=O) groups excluding carboxylic acids is 1. The number of aldehydes is 1. The van der Waals surface area contributed by atoms with Crippen molar-refractivity contribution in [2.45, 2.75) is 77.4 Å². The molecule has 0 radical (unpaired) electrons. The van der Waals surface area contributed by atoms with Gasteiger partial charge in [-0.2, -0.15) is 0 Å². The van der Waals surface area contributed by atoms with Gasteiger partial charge < -0.3 is 4.74 Å². The standard InChI is InChI=1S/C20H30O2/c1-15-7-5-8-16(2)10-11-18(17(3)14-21)13-19-20(4,22-19)12-6-9-15/h8-9,14,18-19H,3,5-7,10-13H2,1-2,4H3/b15-9+,16-8+/t18-,19+,20+/m0/s1. The first-order valence-corrected chi connectivity index (χ1v) is 8.57. The number of hydrogen-bond donors (Lipinski definition) is 0. The van der Waals surface area contributed by atoms with Gasteiger partial charge in [0.25, 0.3) is 0 Å². The first-order valence-electron chi connectivity index (χ1n) is 8.57. The van der Waals surface area contributed by atoms with Crippen molar-refractivity contribution in [3.05, 3.63) is 35.5 Å². The van der Waals surface area contributed by atoms with Crippen LogP contribution in [-0.2, 0) is 9.53 Å². The molecule has 0 amide bonds. The number of ether oxygens (including phenoxy) is 1. The summed E-state index contributed by atoms with van der Waals surface area (Å²) in [4.78, 5) is 11.1. The largest absolute Gasteiger partial charge is 0.366 e. The highest BCUT2D eigenvalue weighted by Crippen LogP contribution is 2.45. The lowest BCUT2D eigenvalue weighted by Crippen LogP contribution is -2.15. The molecule has 122 valence electrons. The molecule has 1 heterocycles. The Bertz CT molecular complexity index is 486. The molecule has 0 unspecified atom stereocenters. The molecular weight excluding hydrogens is 272 g/mol. The van der Waals surface area contributed by atoms with E-state index in [-0.39, 0.29) is 17.6 Å². The summed E-state index contributed by atoms with van der Waals surface area (Å²) >= 11 is 0. The Hall–Kier alpha value is -1.15. The van der Waals surface area contributed by atoms with Crippen LogP contribution in [0.1, 0.15) is 65.7 Å². The van der Waals surface area contributed by atoms with Crippen molar-refractivity contribution in [2.24, 2.45) is 5.92 Å². The zero-order valence-corrected chi connectivity index (χ0v) is 14.4. The molecule has 0 aromatic heterocycles. The Kier molecular flexibility index (Phi) is 5.80. The minimum atomic E-state index is 0.00714. The molecule has 0 N–H and O–H groups in total.